The zero-order valence-corrected chi connectivity index (χ0v) is 16.1. The van der Waals surface area contributed by atoms with Crippen LogP contribution in [0.1, 0.15) is 36.4 Å². The van der Waals surface area contributed by atoms with E-state index in [2.05, 4.69) is 15.2 Å². The molecule has 4 N–H and O–H groups in total. The third-order valence-corrected chi connectivity index (χ3v) is 4.34. The number of nitrogens with one attached hydrogen (secondary N) is 1. The number of hydrogen-bond donors (Lipinski definition) is 3. The molecule has 0 saturated heterocycles. The number of aryl methyl sites for hydroxylation is 1. The van der Waals surface area contributed by atoms with Crippen molar-refractivity contribution in [1.82, 2.24) is 10.5 Å². The number of hydrogen-bond acceptors (Lipinski definition) is 8. The lowest BCUT2D eigenvalue weighted by atomic mass is 10.2. The number of methoxy groups -OCH3 is 1. The average Bonchev–Trinajstić information content (AvgIpc) is 3.26. The molecule has 0 fully saturated rings. The summed E-state index contributed by atoms with van der Waals surface area (Å²) in [5, 5.41) is 13.6. The summed E-state index contributed by atoms with van der Waals surface area (Å²) in [5.41, 5.74) is 6.49. The molecule has 0 aliphatic heterocycles. The number of alkyl halides is 3. The van der Waals surface area contributed by atoms with Crippen molar-refractivity contribution >= 4 is 29.2 Å². The highest BCUT2D eigenvalue weighted by molar-refractivity contribution is 7.14. The molecule has 9 nitrogen and oxygen atoms in total. The van der Waals surface area contributed by atoms with Gasteiger partial charge in [-0.05, 0) is 25.1 Å². The van der Waals surface area contributed by atoms with Crippen LogP contribution in [-0.4, -0.2) is 47.9 Å². The molecule has 1 amide bonds. The van der Waals surface area contributed by atoms with Gasteiger partial charge in [-0.25, -0.2) is 9.59 Å². The Bertz CT molecular complexity index is 862. The zero-order valence-electron chi connectivity index (χ0n) is 15.3. The number of nitrogens with zero attached hydrogens (tertiary/aromatic N) is 1. The van der Waals surface area contributed by atoms with Crippen LogP contribution < -0.4 is 11.1 Å². The number of aliphatic carboxylic acids is 1. The number of rotatable bonds is 6. The van der Waals surface area contributed by atoms with Crippen molar-refractivity contribution < 1.29 is 41.9 Å². The highest BCUT2D eigenvalue weighted by atomic mass is 32.1. The maximum absolute atomic E-state index is 12.0. The number of thiophene rings is 1. The summed E-state index contributed by atoms with van der Waals surface area (Å²) in [7, 11) is 1.34. The predicted octanol–water partition coefficient (Wildman–Crippen LogP) is 1.90. The summed E-state index contributed by atoms with van der Waals surface area (Å²) in [4.78, 5) is 33.8. The molecule has 0 aliphatic carbocycles. The molecule has 2 heterocycles. The third kappa shape index (κ3) is 7.54. The molecule has 0 bridgehead atoms. The van der Waals surface area contributed by atoms with Crippen molar-refractivity contribution in [3.63, 3.8) is 0 Å². The maximum Gasteiger partial charge on any atom is 0.490 e. The van der Waals surface area contributed by atoms with Crippen molar-refractivity contribution in [2.75, 3.05) is 13.7 Å². The van der Waals surface area contributed by atoms with Gasteiger partial charge in [0.25, 0.3) is 5.91 Å². The van der Waals surface area contributed by atoms with Gasteiger partial charge < -0.3 is 25.4 Å². The fraction of sp³-hybridized carbons (Fsp3) is 0.375. The first kappa shape index (κ1) is 24.1. The van der Waals surface area contributed by atoms with Crippen LogP contribution in [0.15, 0.2) is 16.7 Å². The number of ether oxygens (including phenoxy) is 1. The van der Waals surface area contributed by atoms with Gasteiger partial charge in [0.05, 0.1) is 7.11 Å². The third-order valence-electron chi connectivity index (χ3n) is 3.27. The Morgan fingerprint density at radius 2 is 1.97 bits per heavy atom. The van der Waals surface area contributed by atoms with E-state index in [4.69, 9.17) is 20.2 Å². The monoisotopic (exact) mass is 437 g/mol. The average molecular weight is 437 g/mol. The summed E-state index contributed by atoms with van der Waals surface area (Å²) >= 11 is 1.33. The maximum atomic E-state index is 12.0. The summed E-state index contributed by atoms with van der Waals surface area (Å²) in [6, 6.07) is 3.29. The fourth-order valence-corrected chi connectivity index (χ4v) is 2.80. The molecule has 29 heavy (non-hydrogen) atoms. The minimum Gasteiger partial charge on any atom is -0.475 e. The lowest BCUT2D eigenvalue weighted by Gasteiger charge is -2.01. The Kier molecular flexibility index (Phi) is 8.79. The first-order chi connectivity index (χ1) is 13.5. The second-order valence-electron chi connectivity index (χ2n) is 5.39. The van der Waals surface area contributed by atoms with E-state index in [9.17, 15) is 22.8 Å². The van der Waals surface area contributed by atoms with E-state index in [1.165, 1.54) is 18.4 Å². The number of aromatic nitrogens is 1. The smallest absolute Gasteiger partial charge is 0.475 e. The van der Waals surface area contributed by atoms with E-state index in [1.807, 2.05) is 6.92 Å². The molecule has 0 radical (unpaired) electrons. The van der Waals surface area contributed by atoms with Gasteiger partial charge in [-0.15, -0.1) is 11.3 Å². The standard InChI is InChI=1S/C14H17N3O4S.C2HF3O2/c1-8-9(5-12(22-8)14(19)20-2)7-16-13(18)11-6-10(3-4-15)21-17-11;3-2(4,5)1(6)7/h5-6H,3-4,7,15H2,1-2H3,(H,16,18);(H,6,7). The fourth-order valence-electron chi connectivity index (χ4n) is 1.84. The number of esters is 1. The topological polar surface area (TPSA) is 145 Å². The number of nitrogens with two attached hydrogens (primary N) is 1. The minimum absolute atomic E-state index is 0.213. The molecule has 2 aromatic rings. The molecule has 2 rings (SSSR count). The minimum atomic E-state index is -5.08. The van der Waals surface area contributed by atoms with E-state index < -0.39 is 12.1 Å². The molecule has 0 spiro atoms. The Labute approximate surface area is 166 Å². The van der Waals surface area contributed by atoms with Gasteiger partial charge >= 0.3 is 18.1 Å². The molecule has 0 unspecified atom stereocenters. The highest BCUT2D eigenvalue weighted by Gasteiger charge is 2.38. The second kappa shape index (κ2) is 10.6. The molecule has 13 heteroatoms. The van der Waals surface area contributed by atoms with E-state index >= 15 is 0 Å². The van der Waals surface area contributed by atoms with E-state index in [-0.39, 0.29) is 17.6 Å². The Hall–Kier alpha value is -2.93. The van der Waals surface area contributed by atoms with Crippen molar-refractivity contribution in [1.29, 1.82) is 0 Å². The Balaban J connectivity index is 0.000000516. The zero-order chi connectivity index (χ0) is 22.2. The summed E-state index contributed by atoms with van der Waals surface area (Å²) < 4.78 is 41.4. The van der Waals surface area contributed by atoms with E-state index in [1.54, 1.807) is 12.1 Å². The molecule has 0 aliphatic rings. The molecule has 2 aromatic heterocycles. The molecular weight excluding hydrogens is 419 g/mol. The van der Waals surface area contributed by atoms with Crippen LogP contribution in [0.4, 0.5) is 13.2 Å². The molecule has 160 valence electrons. The van der Waals surface area contributed by atoms with E-state index in [0.29, 0.717) is 30.1 Å². The van der Waals surface area contributed by atoms with Crippen molar-refractivity contribution in [2.45, 2.75) is 26.1 Å². The Morgan fingerprint density at radius 1 is 1.34 bits per heavy atom. The van der Waals surface area contributed by atoms with Gasteiger partial charge in [-0.2, -0.15) is 13.2 Å². The summed E-state index contributed by atoms with van der Waals surface area (Å²) in [6.45, 7) is 2.62. The van der Waals surface area contributed by atoms with Crippen LogP contribution in [0.3, 0.4) is 0 Å². The van der Waals surface area contributed by atoms with Crippen LogP contribution in [0.25, 0.3) is 0 Å². The van der Waals surface area contributed by atoms with Crippen LogP contribution in [-0.2, 0) is 22.5 Å². The molecule has 0 aromatic carbocycles. The van der Waals surface area contributed by atoms with Gasteiger partial charge in [-0.3, -0.25) is 4.79 Å². The number of carboxylic acid groups (broad SMARTS) is 1. The quantitative estimate of drug-likeness (QED) is 0.581. The van der Waals surface area contributed by atoms with Crippen LogP contribution in [0.2, 0.25) is 0 Å². The van der Waals surface area contributed by atoms with Gasteiger partial charge in [0, 0.05) is 23.9 Å². The SMILES string of the molecule is COC(=O)c1cc(CNC(=O)c2cc(CCN)on2)c(C)s1.O=C(O)C(F)(F)F. The normalized spacial score (nSPS) is 10.7. The summed E-state index contributed by atoms with van der Waals surface area (Å²) in [6.07, 6.45) is -4.55. The predicted molar refractivity (Wildman–Crippen MR) is 94.5 cm³/mol. The van der Waals surface area contributed by atoms with Crippen molar-refractivity contribution in [2.24, 2.45) is 5.73 Å². The van der Waals surface area contributed by atoms with Crippen molar-refractivity contribution in [3.05, 3.63) is 38.9 Å². The molecule has 0 saturated carbocycles. The molecular formula is C16H18F3N3O6S. The molecule has 0 atom stereocenters. The summed E-state index contributed by atoms with van der Waals surface area (Å²) in [5.74, 6) is -2.90. The highest BCUT2D eigenvalue weighted by Crippen LogP contribution is 2.22. The number of amides is 1. The lowest BCUT2D eigenvalue weighted by molar-refractivity contribution is -0.192. The van der Waals surface area contributed by atoms with Gasteiger partial charge in [-0.1, -0.05) is 5.16 Å². The van der Waals surface area contributed by atoms with Crippen LogP contribution in [0, 0.1) is 6.92 Å². The van der Waals surface area contributed by atoms with Gasteiger partial charge in [0.2, 0.25) is 0 Å². The largest absolute Gasteiger partial charge is 0.490 e. The van der Waals surface area contributed by atoms with Crippen LogP contribution in [0.5, 0.6) is 0 Å². The first-order valence-corrected chi connectivity index (χ1v) is 8.72. The van der Waals surface area contributed by atoms with E-state index in [0.717, 1.165) is 10.4 Å². The number of carbonyl (C=O) groups excluding carboxylic acids is 2. The van der Waals surface area contributed by atoms with Gasteiger partial charge in [0.15, 0.2) is 5.69 Å². The second-order valence-corrected chi connectivity index (χ2v) is 6.64. The van der Waals surface area contributed by atoms with Gasteiger partial charge in [0.1, 0.15) is 10.6 Å². The van der Waals surface area contributed by atoms with Crippen LogP contribution >= 0.6 is 11.3 Å². The number of carboxylic acids is 1. The van der Waals surface area contributed by atoms with Crippen molar-refractivity contribution in [3.8, 4) is 0 Å². The number of halogens is 3. The lowest BCUT2D eigenvalue weighted by Crippen LogP contribution is -2.23. The number of carbonyl (C=O) groups is 3. The Morgan fingerprint density at radius 3 is 2.48 bits per heavy atom. The first-order valence-electron chi connectivity index (χ1n) is 7.91.